The van der Waals surface area contributed by atoms with Gasteiger partial charge >= 0.3 is 0 Å². The second kappa shape index (κ2) is 7.20. The monoisotopic (exact) mass is 247 g/mol. The van der Waals surface area contributed by atoms with Crippen molar-refractivity contribution in [1.82, 2.24) is 5.32 Å². The maximum atomic E-state index is 11.9. The Bertz CT molecular complexity index is 357. The minimum absolute atomic E-state index is 0.101. The lowest BCUT2D eigenvalue weighted by atomic mass is 9.81. The molecule has 0 fully saturated rings. The molecule has 100 valence electrons. The van der Waals surface area contributed by atoms with Crippen LogP contribution in [0.4, 0.5) is 0 Å². The van der Waals surface area contributed by atoms with Gasteiger partial charge in [0.2, 0.25) is 5.91 Å². The molecule has 0 saturated heterocycles. The maximum Gasteiger partial charge on any atom is 0.220 e. The summed E-state index contributed by atoms with van der Waals surface area (Å²) in [5.41, 5.74) is 1.12. The second-order valence-electron chi connectivity index (χ2n) is 5.48. The van der Waals surface area contributed by atoms with Gasteiger partial charge in [-0.15, -0.1) is 0 Å². The largest absolute Gasteiger partial charge is 0.356 e. The van der Waals surface area contributed by atoms with Crippen LogP contribution in [-0.2, 0) is 10.2 Å². The molecule has 1 N–H and O–H groups in total. The van der Waals surface area contributed by atoms with Gasteiger partial charge in [-0.25, -0.2) is 0 Å². The molecule has 2 heteroatoms. The second-order valence-corrected chi connectivity index (χ2v) is 5.48. The molecule has 0 aliphatic rings. The van der Waals surface area contributed by atoms with Gasteiger partial charge < -0.3 is 5.32 Å². The predicted molar refractivity (Wildman–Crippen MR) is 76.6 cm³/mol. The highest BCUT2D eigenvalue weighted by Gasteiger charge is 2.23. The van der Waals surface area contributed by atoms with Crippen LogP contribution in [0, 0.1) is 0 Å². The summed E-state index contributed by atoms with van der Waals surface area (Å²) in [6.45, 7) is 7.21. The summed E-state index contributed by atoms with van der Waals surface area (Å²) in [6.07, 6.45) is 3.99. The minimum atomic E-state index is -0.101. The van der Waals surface area contributed by atoms with E-state index in [1.165, 1.54) is 18.4 Å². The van der Waals surface area contributed by atoms with Gasteiger partial charge in [0.25, 0.3) is 0 Å². The van der Waals surface area contributed by atoms with Crippen molar-refractivity contribution in [3.8, 4) is 0 Å². The Balaban J connectivity index is 2.43. The van der Waals surface area contributed by atoms with Crippen molar-refractivity contribution in [2.75, 3.05) is 6.54 Å². The van der Waals surface area contributed by atoms with E-state index in [1.807, 2.05) is 18.2 Å². The zero-order chi connectivity index (χ0) is 13.4. The van der Waals surface area contributed by atoms with Crippen LogP contribution in [0.25, 0.3) is 0 Å². The highest BCUT2D eigenvalue weighted by atomic mass is 16.1. The Morgan fingerprint density at radius 1 is 1.17 bits per heavy atom. The Morgan fingerprint density at radius 2 is 1.83 bits per heavy atom. The molecule has 0 spiro atoms. The first-order valence-electron chi connectivity index (χ1n) is 6.88. The van der Waals surface area contributed by atoms with Crippen LogP contribution >= 0.6 is 0 Å². The highest BCUT2D eigenvalue weighted by molar-refractivity contribution is 5.77. The summed E-state index contributed by atoms with van der Waals surface area (Å²) in [4.78, 5) is 11.9. The summed E-state index contributed by atoms with van der Waals surface area (Å²) >= 11 is 0. The molecule has 0 radical (unpaired) electrons. The van der Waals surface area contributed by atoms with Crippen molar-refractivity contribution in [2.45, 2.75) is 51.9 Å². The van der Waals surface area contributed by atoms with Gasteiger partial charge in [0.1, 0.15) is 0 Å². The van der Waals surface area contributed by atoms with Gasteiger partial charge in [-0.1, -0.05) is 63.9 Å². The molecule has 0 aliphatic carbocycles. The quantitative estimate of drug-likeness (QED) is 0.732. The molecule has 18 heavy (non-hydrogen) atoms. The number of amides is 1. The fourth-order valence-corrected chi connectivity index (χ4v) is 2.06. The fraction of sp³-hybridized carbons (Fsp3) is 0.562. The summed E-state index contributed by atoms with van der Waals surface area (Å²) in [5, 5.41) is 3.00. The Hall–Kier alpha value is -1.31. The van der Waals surface area contributed by atoms with Crippen LogP contribution in [0.15, 0.2) is 30.3 Å². The highest BCUT2D eigenvalue weighted by Crippen LogP contribution is 2.26. The number of carbonyl (C=O) groups is 1. The maximum absolute atomic E-state index is 11.9. The van der Waals surface area contributed by atoms with E-state index in [2.05, 4.69) is 38.2 Å². The van der Waals surface area contributed by atoms with Crippen LogP contribution in [-0.4, -0.2) is 12.5 Å². The number of benzene rings is 1. The standard InChI is InChI=1S/C16H25NO/c1-4-5-9-12-17-15(18)13-16(2,3)14-10-7-6-8-11-14/h6-8,10-11H,4-5,9,12-13H2,1-3H3,(H,17,18). The molecule has 1 aromatic carbocycles. The van der Waals surface area contributed by atoms with Crippen LogP contribution in [0.5, 0.6) is 0 Å². The normalized spacial score (nSPS) is 11.3. The third-order valence-electron chi connectivity index (χ3n) is 3.26. The van der Waals surface area contributed by atoms with Crippen LogP contribution in [0.1, 0.15) is 52.0 Å². The molecule has 0 aromatic heterocycles. The van der Waals surface area contributed by atoms with Crippen molar-refractivity contribution in [1.29, 1.82) is 0 Å². The van der Waals surface area contributed by atoms with Crippen molar-refractivity contribution in [2.24, 2.45) is 0 Å². The van der Waals surface area contributed by atoms with Gasteiger partial charge in [-0.3, -0.25) is 4.79 Å². The fourth-order valence-electron chi connectivity index (χ4n) is 2.06. The van der Waals surface area contributed by atoms with Crippen molar-refractivity contribution < 1.29 is 4.79 Å². The topological polar surface area (TPSA) is 29.1 Å². The summed E-state index contributed by atoms with van der Waals surface area (Å²) in [5.74, 6) is 0.153. The molecule has 1 amide bonds. The summed E-state index contributed by atoms with van der Waals surface area (Å²) in [6, 6.07) is 10.2. The summed E-state index contributed by atoms with van der Waals surface area (Å²) in [7, 11) is 0. The van der Waals surface area contributed by atoms with Crippen LogP contribution in [0.2, 0.25) is 0 Å². The van der Waals surface area contributed by atoms with E-state index in [0.717, 1.165) is 13.0 Å². The Kier molecular flexibility index (Phi) is 5.90. The number of hydrogen-bond donors (Lipinski definition) is 1. The van der Waals surface area contributed by atoms with Gasteiger partial charge in [-0.05, 0) is 17.4 Å². The van der Waals surface area contributed by atoms with E-state index in [1.54, 1.807) is 0 Å². The first-order valence-corrected chi connectivity index (χ1v) is 6.88. The van der Waals surface area contributed by atoms with Gasteiger partial charge in [-0.2, -0.15) is 0 Å². The van der Waals surface area contributed by atoms with E-state index in [0.29, 0.717) is 6.42 Å². The molecular weight excluding hydrogens is 222 g/mol. The van der Waals surface area contributed by atoms with E-state index in [-0.39, 0.29) is 11.3 Å². The Labute approximate surface area is 111 Å². The number of nitrogens with one attached hydrogen (secondary N) is 1. The lowest BCUT2D eigenvalue weighted by Crippen LogP contribution is -2.31. The average molecular weight is 247 g/mol. The molecule has 0 bridgehead atoms. The zero-order valence-corrected chi connectivity index (χ0v) is 11.8. The predicted octanol–water partition coefficient (Wildman–Crippen LogP) is 3.66. The van der Waals surface area contributed by atoms with Gasteiger partial charge in [0, 0.05) is 13.0 Å². The number of unbranched alkanes of at least 4 members (excludes halogenated alkanes) is 2. The van der Waals surface area contributed by atoms with Crippen molar-refractivity contribution in [3.05, 3.63) is 35.9 Å². The zero-order valence-electron chi connectivity index (χ0n) is 11.8. The number of carbonyl (C=O) groups excluding carboxylic acids is 1. The number of rotatable bonds is 7. The van der Waals surface area contributed by atoms with Crippen molar-refractivity contribution >= 4 is 5.91 Å². The first kappa shape index (κ1) is 14.7. The van der Waals surface area contributed by atoms with E-state index in [4.69, 9.17) is 0 Å². The van der Waals surface area contributed by atoms with Crippen molar-refractivity contribution in [3.63, 3.8) is 0 Å². The average Bonchev–Trinajstić information content (AvgIpc) is 2.35. The van der Waals surface area contributed by atoms with E-state index in [9.17, 15) is 4.79 Å². The van der Waals surface area contributed by atoms with Gasteiger partial charge in [0.15, 0.2) is 0 Å². The van der Waals surface area contributed by atoms with E-state index < -0.39 is 0 Å². The Morgan fingerprint density at radius 3 is 2.44 bits per heavy atom. The third kappa shape index (κ3) is 4.91. The molecule has 0 saturated carbocycles. The molecule has 1 rings (SSSR count). The molecule has 1 aromatic rings. The molecular formula is C16H25NO. The molecule has 0 aliphatic heterocycles. The van der Waals surface area contributed by atoms with Gasteiger partial charge in [0.05, 0.1) is 0 Å². The number of hydrogen-bond acceptors (Lipinski definition) is 1. The third-order valence-corrected chi connectivity index (χ3v) is 3.26. The van der Waals surface area contributed by atoms with Crippen LogP contribution < -0.4 is 5.32 Å². The molecule has 0 unspecified atom stereocenters. The van der Waals surface area contributed by atoms with E-state index >= 15 is 0 Å². The SMILES string of the molecule is CCCCCNC(=O)CC(C)(C)c1ccccc1. The minimum Gasteiger partial charge on any atom is -0.356 e. The lowest BCUT2D eigenvalue weighted by Gasteiger charge is -2.24. The molecule has 0 atom stereocenters. The lowest BCUT2D eigenvalue weighted by molar-refractivity contribution is -0.122. The molecule has 0 heterocycles. The first-order chi connectivity index (χ1) is 8.56. The molecule has 2 nitrogen and oxygen atoms in total. The smallest absolute Gasteiger partial charge is 0.220 e. The van der Waals surface area contributed by atoms with Crippen LogP contribution in [0.3, 0.4) is 0 Å². The summed E-state index contributed by atoms with van der Waals surface area (Å²) < 4.78 is 0.